The van der Waals surface area contributed by atoms with Crippen LogP contribution < -0.4 is 50.8 Å². The van der Waals surface area contributed by atoms with Crippen LogP contribution >= 0.6 is 11.8 Å². The van der Waals surface area contributed by atoms with Crippen molar-refractivity contribution in [2.24, 2.45) is 5.92 Å². The first-order chi connectivity index (χ1) is 52.0. The van der Waals surface area contributed by atoms with Gasteiger partial charge in [0.05, 0.1) is 89.1 Å². The van der Waals surface area contributed by atoms with Crippen LogP contribution in [0.15, 0.2) is 66.7 Å². The molecule has 2 saturated heterocycles. The van der Waals surface area contributed by atoms with Gasteiger partial charge in [-0.2, -0.15) is 5.26 Å². The van der Waals surface area contributed by atoms with Gasteiger partial charge in [0.25, 0.3) is 11.8 Å². The smallest absolute Gasteiger partial charge is 0.407 e. The predicted molar refractivity (Wildman–Crippen MR) is 390 cm³/mol. The SMILES string of the molecule is COc1c(C)cc2c(c1O)[C@@H]1[C@@H]3[C@@H]4SC[C@]5(N[C@H](CNC(=O)OCc6ccc(NC(=O)[C@H](C)NC(=O)[C@@H](NC(=O)CCOCCOCCOCCOCCNC(=O)CCN7C(=O)C=CC7=O)C(C)C)cc6)Cc6c5[nH]c5ccccc65)C(=O)OCC(c5c6c(c(C)c(OC(C)=O)c54)OCO6)N3C(C#N)(C2)CN1C. The summed E-state index contributed by atoms with van der Waals surface area (Å²) >= 11 is 1.42. The average molecular weight is 1510 g/mol. The molecule has 5 aromatic rings. The number of methoxy groups -OCH3 is 1. The third-order valence-electron chi connectivity index (χ3n) is 20.5. The maximum absolute atomic E-state index is 15.8. The molecule has 1 spiro atoms. The Balaban J connectivity index is 0.627. The molecule has 8 N–H and O–H groups in total. The van der Waals surface area contributed by atoms with Gasteiger partial charge in [-0.25, -0.2) is 9.59 Å². The molecule has 576 valence electrons. The van der Waals surface area contributed by atoms with Crippen LogP contribution in [-0.2, 0) is 91.8 Å². The third-order valence-corrected chi connectivity index (χ3v) is 22.0. The number of thioether (sulfide) groups is 1. The van der Waals surface area contributed by atoms with Crippen LogP contribution in [-0.4, -0.2) is 220 Å². The molecule has 7 amide bonds. The number of anilines is 1. The number of aromatic hydroxyl groups is 1. The first-order valence-electron chi connectivity index (χ1n) is 36.1. The molecular weight excluding hydrogens is 1420 g/mol. The molecule has 10 heterocycles. The number of nitrogens with zero attached hydrogens (tertiary/aromatic N) is 4. The number of H-pyrrole nitrogens is 1. The normalized spacial score (nSPS) is 22.8. The number of piperazine rings is 1. The molecule has 1 aromatic heterocycles. The van der Waals surface area contributed by atoms with E-state index in [1.54, 1.807) is 45.0 Å². The number of imide groups is 1. The average Bonchev–Trinajstić information content (AvgIpc) is 1.37. The van der Waals surface area contributed by atoms with Gasteiger partial charge in [-0.1, -0.05) is 50.2 Å². The Morgan fingerprint density at radius 1 is 0.815 bits per heavy atom. The molecule has 9 aliphatic heterocycles. The van der Waals surface area contributed by atoms with Gasteiger partial charge in [-0.15, -0.1) is 11.8 Å². The van der Waals surface area contributed by atoms with E-state index in [1.165, 1.54) is 44.9 Å². The molecule has 10 atom stereocenters. The van der Waals surface area contributed by atoms with E-state index >= 15 is 4.79 Å². The monoisotopic (exact) mass is 1510 g/mol. The Kier molecular flexibility index (Phi) is 24.3. The lowest BCUT2D eigenvalue weighted by Crippen LogP contribution is -2.70. The standard InChI is InChI=1S/C76H91N11O20S/c1-41(2)61(83-55(90)20-23-99-25-27-101-29-30-102-28-26-100-24-21-78-54(89)19-22-86-56(91)17-18-57(86)92)72(95)80-44(5)71(94)81-48-15-13-46(14-16-48)35-104-74(97)79-34-49-32-51-50-11-9-10-12-52(50)82-70(51)76(84-49)39-108-69-60-59(68-67(105-40-106-68)43(4)66(60)107-45(6)88)53(36-103-73(76)96)87-63(69)62-58-47(31-42(3)65(98-8)64(58)93)33-75(87,37-77)38-85(62)7/h9-18,31,41,44,49,53,61-63,69,82,84,93H,19-30,32-36,38-40H2,1-8H3,(H,78,89)(H,79,97)(H,80,95)(H,81,94)(H,83,90)/t44-,49-,53?,61-,62+,63+,69+,75?,76+/m0/s1. The van der Waals surface area contributed by atoms with Gasteiger partial charge in [0.2, 0.25) is 30.4 Å². The molecule has 0 aliphatic carbocycles. The molecule has 14 rings (SSSR count). The van der Waals surface area contributed by atoms with Crippen LogP contribution in [0, 0.1) is 31.1 Å². The van der Waals surface area contributed by atoms with E-state index in [9.17, 15) is 48.7 Å². The van der Waals surface area contributed by atoms with E-state index in [2.05, 4.69) is 52.8 Å². The topological polar surface area (TPSA) is 388 Å². The number of benzene rings is 4. The molecule has 4 aromatic carbocycles. The number of amides is 7. The van der Waals surface area contributed by atoms with Crippen LogP contribution in [0.3, 0.4) is 0 Å². The number of aromatic nitrogens is 1. The molecule has 31 nitrogen and oxygen atoms in total. The number of phenolic OH excluding ortho intramolecular Hbond substituents is 1. The highest BCUT2D eigenvalue weighted by atomic mass is 32.2. The lowest BCUT2D eigenvalue weighted by molar-refractivity contribution is -0.158. The van der Waals surface area contributed by atoms with Crippen LogP contribution in [0.4, 0.5) is 10.5 Å². The Labute approximate surface area is 627 Å². The second-order valence-corrected chi connectivity index (χ2v) is 29.2. The largest absolute Gasteiger partial charge is 0.504 e. The van der Waals surface area contributed by atoms with Gasteiger partial charge >= 0.3 is 18.0 Å². The fourth-order valence-corrected chi connectivity index (χ4v) is 17.3. The summed E-state index contributed by atoms with van der Waals surface area (Å²) in [5.41, 5.74) is 4.08. The van der Waals surface area contributed by atoms with E-state index in [4.69, 9.17) is 47.4 Å². The number of carbonyl (C=O) groups excluding carboxylic acids is 9. The number of ether oxygens (including phenoxy) is 10. The summed E-state index contributed by atoms with van der Waals surface area (Å²) in [6.45, 7) is 12.0. The molecule has 9 aliphatic rings. The van der Waals surface area contributed by atoms with E-state index in [0.717, 1.165) is 26.9 Å². The lowest BCUT2D eigenvalue weighted by atomic mass is 9.76. The number of alkyl carbamates (subject to hydrolysis) is 1. The van der Waals surface area contributed by atoms with Crippen LogP contribution in [0.1, 0.15) is 108 Å². The zero-order chi connectivity index (χ0) is 76.7. The molecular formula is C76H91N11O20S. The quantitative estimate of drug-likeness (QED) is 0.0135. The highest BCUT2D eigenvalue weighted by molar-refractivity contribution is 7.99. The third kappa shape index (κ3) is 16.2. The lowest BCUT2D eigenvalue weighted by Gasteiger charge is -2.60. The molecule has 32 heteroatoms. The van der Waals surface area contributed by atoms with Crippen molar-refractivity contribution in [3.63, 3.8) is 0 Å². The number of phenols is 1. The van der Waals surface area contributed by atoms with Crippen molar-refractivity contribution in [1.82, 2.24) is 46.3 Å². The van der Waals surface area contributed by atoms with E-state index < -0.39 is 100 Å². The number of hydrogen-bond acceptors (Lipinski definition) is 25. The fourth-order valence-electron chi connectivity index (χ4n) is 15.6. The van der Waals surface area contributed by atoms with Gasteiger partial charge < -0.3 is 84.0 Å². The zero-order valence-corrected chi connectivity index (χ0v) is 62.3. The molecule has 108 heavy (non-hydrogen) atoms. The summed E-state index contributed by atoms with van der Waals surface area (Å²) in [6, 6.07) is 14.4. The second-order valence-electron chi connectivity index (χ2n) is 28.1. The highest BCUT2D eigenvalue weighted by Crippen LogP contribution is 2.66. The Morgan fingerprint density at radius 3 is 2.20 bits per heavy atom. The van der Waals surface area contributed by atoms with E-state index in [-0.39, 0.29) is 121 Å². The van der Waals surface area contributed by atoms with E-state index in [1.807, 2.05) is 44.3 Å². The second kappa shape index (κ2) is 33.7. The van der Waals surface area contributed by atoms with Crippen molar-refractivity contribution in [2.75, 3.05) is 118 Å². The summed E-state index contributed by atoms with van der Waals surface area (Å²) in [7, 11) is 3.45. The van der Waals surface area contributed by atoms with Crippen LogP contribution in [0.2, 0.25) is 0 Å². The number of carbonyl (C=O) groups is 9. The van der Waals surface area contributed by atoms with Gasteiger partial charge in [-0.3, -0.25) is 53.6 Å². The summed E-state index contributed by atoms with van der Waals surface area (Å²) in [6.07, 6.45) is 2.13. The zero-order valence-electron chi connectivity index (χ0n) is 61.5. The highest BCUT2D eigenvalue weighted by Gasteiger charge is 2.65. The molecule has 0 radical (unpaired) electrons. The minimum Gasteiger partial charge on any atom is -0.504 e. The van der Waals surface area contributed by atoms with Gasteiger partial charge in [-0.05, 0) is 80.6 Å². The van der Waals surface area contributed by atoms with E-state index in [0.29, 0.717) is 94.9 Å². The van der Waals surface area contributed by atoms with Crippen molar-refractivity contribution in [1.29, 1.82) is 5.26 Å². The first-order valence-corrected chi connectivity index (χ1v) is 37.1. The summed E-state index contributed by atoms with van der Waals surface area (Å²) in [5.74, 6) is -2.88. The number of nitrogens with one attached hydrogen (secondary N) is 7. The molecule has 0 saturated carbocycles. The summed E-state index contributed by atoms with van der Waals surface area (Å²) < 4.78 is 59.1. The molecule has 4 bridgehead atoms. The number of esters is 2. The number of aromatic amines is 1. The number of likely N-dealkylation sites (N-methyl/N-ethyl adjacent to an activating group) is 1. The van der Waals surface area contributed by atoms with Crippen molar-refractivity contribution in [2.45, 2.75) is 126 Å². The number of rotatable bonds is 30. The number of nitriles is 1. The molecule has 2 fully saturated rings. The first kappa shape index (κ1) is 77.8. The molecule has 3 unspecified atom stereocenters. The summed E-state index contributed by atoms with van der Waals surface area (Å²) in [4.78, 5) is 127. The van der Waals surface area contributed by atoms with Crippen molar-refractivity contribution in [3.8, 4) is 34.8 Å². The number of fused-ring (bicyclic) bond motifs is 8. The maximum Gasteiger partial charge on any atom is 0.407 e. The number of para-hydroxylation sites is 1. The van der Waals surface area contributed by atoms with Crippen LogP contribution in [0.25, 0.3) is 10.9 Å². The van der Waals surface area contributed by atoms with Gasteiger partial charge in [0.1, 0.15) is 36.6 Å². The fraction of sp³-hybridized carbons (Fsp3) is 0.500. The van der Waals surface area contributed by atoms with Gasteiger partial charge in [0, 0.05) is 121 Å². The Morgan fingerprint density at radius 2 is 1.51 bits per heavy atom. The Bertz CT molecular complexity index is 4350. The minimum atomic E-state index is -1.62. The predicted octanol–water partition coefficient (Wildman–Crippen LogP) is 4.52. The van der Waals surface area contributed by atoms with Crippen molar-refractivity contribution < 1.29 is 95.6 Å². The Hall–Kier alpha value is -9.85. The van der Waals surface area contributed by atoms with Crippen LogP contribution in [0.5, 0.6) is 28.7 Å². The van der Waals surface area contributed by atoms with Crippen molar-refractivity contribution >= 4 is 81.8 Å². The number of aryl methyl sites for hydroxylation is 1. The summed E-state index contributed by atoms with van der Waals surface area (Å²) in [5, 5.41) is 41.8. The minimum absolute atomic E-state index is 0.000291. The van der Waals surface area contributed by atoms with Gasteiger partial charge in [0.15, 0.2) is 28.5 Å². The maximum atomic E-state index is 15.8. The number of hydrogen-bond donors (Lipinski definition) is 8. The van der Waals surface area contributed by atoms with Crippen molar-refractivity contribution in [3.05, 3.63) is 117 Å².